The summed E-state index contributed by atoms with van der Waals surface area (Å²) in [5.41, 5.74) is 3.10. The smallest absolute Gasteiger partial charge is 0.233 e. The number of benzene rings is 2. The quantitative estimate of drug-likeness (QED) is 0.330. The van der Waals surface area contributed by atoms with Crippen molar-refractivity contribution in [3.63, 3.8) is 0 Å². The lowest BCUT2D eigenvalue weighted by Gasteiger charge is -2.17. The van der Waals surface area contributed by atoms with Crippen molar-refractivity contribution in [3.8, 4) is 11.4 Å². The number of aromatic nitrogens is 3. The summed E-state index contributed by atoms with van der Waals surface area (Å²) in [7, 11) is 1.79. The summed E-state index contributed by atoms with van der Waals surface area (Å²) >= 11 is 7.42. The Morgan fingerprint density at radius 2 is 1.97 bits per heavy atom. The zero-order chi connectivity index (χ0) is 22.5. The van der Waals surface area contributed by atoms with Gasteiger partial charge in [-0.3, -0.25) is 9.36 Å². The van der Waals surface area contributed by atoms with Crippen LogP contribution in [-0.2, 0) is 17.9 Å². The lowest BCUT2D eigenvalue weighted by atomic mass is 10.1. The summed E-state index contributed by atoms with van der Waals surface area (Å²) in [6.45, 7) is 3.02. The van der Waals surface area contributed by atoms with Crippen molar-refractivity contribution in [3.05, 3.63) is 88.8 Å². The molecule has 0 aliphatic heterocycles. The number of amides is 1. The molecule has 0 spiro atoms. The van der Waals surface area contributed by atoms with Gasteiger partial charge in [-0.05, 0) is 42.8 Å². The second-order valence-corrected chi connectivity index (χ2v) is 8.89. The van der Waals surface area contributed by atoms with Gasteiger partial charge in [0, 0.05) is 24.2 Å². The number of halogens is 1. The number of hydrogen-bond acceptors (Lipinski definition) is 5. The highest BCUT2D eigenvalue weighted by molar-refractivity contribution is 7.99. The highest BCUT2D eigenvalue weighted by Crippen LogP contribution is 2.26. The zero-order valence-electron chi connectivity index (χ0n) is 17.9. The standard InChI is InChI=1S/C24H23ClN4O2S/c1-17-6-3-8-19(12-17)23-26-27-24(29(23)15-21-10-5-11-31-21)32-16-22(30)28(2)14-18-7-4-9-20(25)13-18/h3-13H,14-16H2,1-2H3. The number of furan rings is 1. The fourth-order valence-corrected chi connectivity index (χ4v) is 4.42. The summed E-state index contributed by atoms with van der Waals surface area (Å²) in [4.78, 5) is 14.4. The third kappa shape index (κ3) is 5.41. The fourth-order valence-electron chi connectivity index (χ4n) is 3.33. The SMILES string of the molecule is Cc1cccc(-c2nnc(SCC(=O)N(C)Cc3cccc(Cl)c3)n2Cc2ccco2)c1. The number of carbonyl (C=O) groups is 1. The average molecular weight is 467 g/mol. The molecule has 0 radical (unpaired) electrons. The van der Waals surface area contributed by atoms with Crippen LogP contribution in [-0.4, -0.2) is 38.4 Å². The largest absolute Gasteiger partial charge is 0.467 e. The van der Waals surface area contributed by atoms with Crippen LogP contribution in [0.25, 0.3) is 11.4 Å². The van der Waals surface area contributed by atoms with Crippen LogP contribution in [0.1, 0.15) is 16.9 Å². The van der Waals surface area contributed by atoms with E-state index in [0.29, 0.717) is 23.3 Å². The van der Waals surface area contributed by atoms with Crippen molar-refractivity contribution in [2.24, 2.45) is 0 Å². The highest BCUT2D eigenvalue weighted by atomic mass is 35.5. The van der Waals surface area contributed by atoms with Crippen LogP contribution in [0.4, 0.5) is 0 Å². The Morgan fingerprint density at radius 3 is 2.72 bits per heavy atom. The average Bonchev–Trinajstić information content (AvgIpc) is 3.42. The number of thioether (sulfide) groups is 1. The molecule has 0 aliphatic carbocycles. The number of rotatable bonds is 8. The second-order valence-electron chi connectivity index (χ2n) is 7.51. The van der Waals surface area contributed by atoms with E-state index in [1.54, 1.807) is 18.2 Å². The second kappa shape index (κ2) is 10.1. The molecule has 4 rings (SSSR count). The van der Waals surface area contributed by atoms with E-state index < -0.39 is 0 Å². The molecule has 8 heteroatoms. The van der Waals surface area contributed by atoms with Crippen LogP contribution in [0, 0.1) is 6.92 Å². The van der Waals surface area contributed by atoms with Gasteiger partial charge < -0.3 is 9.32 Å². The van der Waals surface area contributed by atoms with Crippen molar-refractivity contribution < 1.29 is 9.21 Å². The van der Waals surface area contributed by atoms with Crippen LogP contribution in [0.15, 0.2) is 76.5 Å². The van der Waals surface area contributed by atoms with Crippen molar-refractivity contribution in [2.45, 2.75) is 25.2 Å². The molecule has 0 saturated carbocycles. The predicted octanol–water partition coefficient (Wildman–Crippen LogP) is 5.30. The van der Waals surface area contributed by atoms with Gasteiger partial charge in [0.25, 0.3) is 0 Å². The van der Waals surface area contributed by atoms with Gasteiger partial charge in [0.05, 0.1) is 18.6 Å². The van der Waals surface area contributed by atoms with E-state index >= 15 is 0 Å². The van der Waals surface area contributed by atoms with Gasteiger partial charge in [-0.25, -0.2) is 0 Å². The van der Waals surface area contributed by atoms with Gasteiger partial charge in [0.1, 0.15) is 5.76 Å². The Labute approximate surface area is 196 Å². The predicted molar refractivity (Wildman–Crippen MR) is 127 cm³/mol. The Balaban J connectivity index is 1.50. The molecular formula is C24H23ClN4O2S. The molecule has 1 amide bonds. The maximum Gasteiger partial charge on any atom is 0.233 e. The first-order valence-corrected chi connectivity index (χ1v) is 11.5. The number of carbonyl (C=O) groups excluding carboxylic acids is 1. The Kier molecular flexibility index (Phi) is 6.97. The van der Waals surface area contributed by atoms with Gasteiger partial charge in [-0.2, -0.15) is 0 Å². The molecule has 0 fully saturated rings. The van der Waals surface area contributed by atoms with Crippen molar-refractivity contribution in [1.82, 2.24) is 19.7 Å². The zero-order valence-corrected chi connectivity index (χ0v) is 19.4. The Morgan fingerprint density at radius 1 is 1.12 bits per heavy atom. The summed E-state index contributed by atoms with van der Waals surface area (Å²) in [5, 5.41) is 10.1. The van der Waals surface area contributed by atoms with Crippen LogP contribution in [0.5, 0.6) is 0 Å². The van der Waals surface area contributed by atoms with E-state index in [9.17, 15) is 4.79 Å². The minimum atomic E-state index is -0.000343. The highest BCUT2D eigenvalue weighted by Gasteiger charge is 2.18. The summed E-state index contributed by atoms with van der Waals surface area (Å²) in [6, 6.07) is 19.4. The maximum atomic E-state index is 12.8. The first-order valence-electron chi connectivity index (χ1n) is 10.1. The number of aryl methyl sites for hydroxylation is 1. The minimum Gasteiger partial charge on any atom is -0.467 e. The van der Waals surface area contributed by atoms with Crippen LogP contribution < -0.4 is 0 Å². The fraction of sp³-hybridized carbons (Fsp3) is 0.208. The molecular weight excluding hydrogens is 444 g/mol. The molecule has 32 heavy (non-hydrogen) atoms. The molecule has 0 aliphatic rings. The van der Waals surface area contributed by atoms with Gasteiger partial charge in [-0.15, -0.1) is 10.2 Å². The lowest BCUT2D eigenvalue weighted by Crippen LogP contribution is -2.27. The minimum absolute atomic E-state index is 0.000343. The summed E-state index contributed by atoms with van der Waals surface area (Å²) in [6.07, 6.45) is 1.65. The van der Waals surface area contributed by atoms with E-state index in [1.807, 2.05) is 66.1 Å². The van der Waals surface area contributed by atoms with Gasteiger partial charge in [0.2, 0.25) is 5.91 Å². The molecule has 164 valence electrons. The Hall–Kier alpha value is -3.03. The molecule has 4 aromatic rings. The van der Waals surface area contributed by atoms with Gasteiger partial charge >= 0.3 is 0 Å². The molecule has 6 nitrogen and oxygen atoms in total. The van der Waals surface area contributed by atoms with Crippen LogP contribution in [0.3, 0.4) is 0 Å². The third-order valence-electron chi connectivity index (χ3n) is 4.95. The van der Waals surface area contributed by atoms with E-state index in [-0.39, 0.29) is 11.7 Å². The number of hydrogen-bond donors (Lipinski definition) is 0. The first kappa shape index (κ1) is 22.2. The maximum absolute atomic E-state index is 12.8. The monoisotopic (exact) mass is 466 g/mol. The molecule has 0 bridgehead atoms. The molecule has 2 heterocycles. The van der Waals surface area contributed by atoms with E-state index in [0.717, 1.165) is 28.3 Å². The topological polar surface area (TPSA) is 64.2 Å². The first-order chi connectivity index (χ1) is 15.5. The van der Waals surface area contributed by atoms with Crippen LogP contribution in [0.2, 0.25) is 5.02 Å². The summed E-state index contributed by atoms with van der Waals surface area (Å²) < 4.78 is 7.53. The third-order valence-corrected chi connectivity index (χ3v) is 6.13. The molecule has 2 aromatic carbocycles. The van der Waals surface area contributed by atoms with E-state index in [4.69, 9.17) is 16.0 Å². The molecule has 0 atom stereocenters. The van der Waals surface area contributed by atoms with Gasteiger partial charge in [-0.1, -0.05) is 59.3 Å². The molecule has 2 aromatic heterocycles. The van der Waals surface area contributed by atoms with E-state index in [2.05, 4.69) is 16.3 Å². The molecule has 0 saturated heterocycles. The van der Waals surface area contributed by atoms with Crippen LogP contribution >= 0.6 is 23.4 Å². The van der Waals surface area contributed by atoms with Crippen molar-refractivity contribution in [1.29, 1.82) is 0 Å². The summed E-state index contributed by atoms with van der Waals surface area (Å²) in [5.74, 6) is 1.79. The molecule has 0 unspecified atom stereocenters. The van der Waals surface area contributed by atoms with Gasteiger partial charge in [0.15, 0.2) is 11.0 Å². The Bertz CT molecular complexity index is 1210. The molecule has 0 N–H and O–H groups in total. The normalized spacial score (nSPS) is 11.0. The van der Waals surface area contributed by atoms with Crippen molar-refractivity contribution in [2.75, 3.05) is 12.8 Å². The lowest BCUT2D eigenvalue weighted by molar-refractivity contribution is -0.127. The van der Waals surface area contributed by atoms with E-state index in [1.165, 1.54) is 11.8 Å². The van der Waals surface area contributed by atoms with Crippen molar-refractivity contribution >= 4 is 29.3 Å². The number of nitrogens with zero attached hydrogens (tertiary/aromatic N) is 4.